The summed E-state index contributed by atoms with van der Waals surface area (Å²) in [6.07, 6.45) is -0.872. The van der Waals surface area contributed by atoms with Crippen LogP contribution in [0.2, 0.25) is 0 Å². The van der Waals surface area contributed by atoms with Crippen LogP contribution < -0.4 is 5.73 Å². The molecule has 0 unspecified atom stereocenters. The molecule has 0 aliphatic carbocycles. The van der Waals surface area contributed by atoms with Crippen molar-refractivity contribution in [2.45, 2.75) is 33.1 Å². The molecule has 2 N–H and O–H groups in total. The summed E-state index contributed by atoms with van der Waals surface area (Å²) in [5.74, 6) is 0.0803. The van der Waals surface area contributed by atoms with Crippen LogP contribution in [0.1, 0.15) is 26.7 Å². The van der Waals surface area contributed by atoms with Crippen molar-refractivity contribution in [1.82, 2.24) is 9.80 Å². The Kier molecular flexibility index (Phi) is 11.6. The van der Waals surface area contributed by atoms with Crippen molar-refractivity contribution in [2.24, 2.45) is 11.1 Å². The van der Waals surface area contributed by atoms with Crippen molar-refractivity contribution < 1.29 is 13.6 Å². The van der Waals surface area contributed by atoms with Gasteiger partial charge in [-0.1, -0.05) is 13.8 Å². The van der Waals surface area contributed by atoms with Crippen LogP contribution >= 0.6 is 24.8 Å². The minimum absolute atomic E-state index is 0. The Morgan fingerprint density at radius 2 is 1.62 bits per heavy atom. The lowest BCUT2D eigenvalue weighted by atomic mass is 9.81. The van der Waals surface area contributed by atoms with Gasteiger partial charge in [-0.25, -0.2) is 8.78 Å². The Morgan fingerprint density at radius 1 is 1.14 bits per heavy atom. The van der Waals surface area contributed by atoms with Gasteiger partial charge in [0.1, 0.15) is 0 Å². The normalized spacial score (nSPS) is 16.4. The number of amides is 1. The van der Waals surface area contributed by atoms with E-state index in [-0.39, 0.29) is 37.3 Å². The molecular formula is C13H27Cl2F2N3O. The summed E-state index contributed by atoms with van der Waals surface area (Å²) >= 11 is 0. The maximum absolute atomic E-state index is 12.5. The summed E-state index contributed by atoms with van der Waals surface area (Å²) in [5, 5.41) is 0. The van der Waals surface area contributed by atoms with E-state index >= 15 is 0 Å². The summed E-state index contributed by atoms with van der Waals surface area (Å²) in [5.41, 5.74) is 5.29. The molecular weight excluding hydrogens is 323 g/mol. The molecule has 1 fully saturated rings. The number of piperazine rings is 1. The Morgan fingerprint density at radius 3 is 1.95 bits per heavy atom. The predicted molar refractivity (Wildman–Crippen MR) is 85.6 cm³/mol. The third-order valence-electron chi connectivity index (χ3n) is 4.25. The maximum Gasteiger partial charge on any atom is 0.251 e. The third-order valence-corrected chi connectivity index (χ3v) is 4.25. The van der Waals surface area contributed by atoms with Crippen molar-refractivity contribution in [1.29, 1.82) is 0 Å². The molecule has 21 heavy (non-hydrogen) atoms. The Hall–Kier alpha value is -0.170. The second-order valence-corrected chi connectivity index (χ2v) is 5.18. The zero-order valence-corrected chi connectivity index (χ0v) is 14.3. The first-order chi connectivity index (χ1) is 8.99. The van der Waals surface area contributed by atoms with Gasteiger partial charge in [0.2, 0.25) is 5.91 Å². The van der Waals surface area contributed by atoms with Crippen LogP contribution in [0.3, 0.4) is 0 Å². The quantitative estimate of drug-likeness (QED) is 0.797. The molecule has 1 aliphatic heterocycles. The van der Waals surface area contributed by atoms with E-state index in [4.69, 9.17) is 5.73 Å². The predicted octanol–water partition coefficient (Wildman–Crippen LogP) is 2.00. The second-order valence-electron chi connectivity index (χ2n) is 5.18. The smallest absolute Gasteiger partial charge is 0.251 e. The van der Waals surface area contributed by atoms with E-state index in [9.17, 15) is 13.6 Å². The highest BCUT2D eigenvalue weighted by atomic mass is 35.5. The number of carbonyl (C=O) groups excluding carboxylic acids is 1. The number of carbonyl (C=O) groups is 1. The molecule has 0 spiro atoms. The first kappa shape index (κ1) is 23.1. The SMILES string of the molecule is CCC(CC)(CN)C(=O)N1CCN(CC(F)F)CC1.Cl.Cl. The Bertz CT molecular complexity index is 289. The number of hydrogen-bond donors (Lipinski definition) is 1. The summed E-state index contributed by atoms with van der Waals surface area (Å²) in [4.78, 5) is 16.0. The number of rotatable bonds is 6. The van der Waals surface area contributed by atoms with Gasteiger partial charge in [0.05, 0.1) is 12.0 Å². The molecule has 1 saturated heterocycles. The van der Waals surface area contributed by atoms with Crippen molar-refractivity contribution in [3.63, 3.8) is 0 Å². The molecule has 128 valence electrons. The van der Waals surface area contributed by atoms with Crippen molar-refractivity contribution in [2.75, 3.05) is 39.3 Å². The van der Waals surface area contributed by atoms with E-state index in [1.807, 2.05) is 13.8 Å². The average molecular weight is 350 g/mol. The van der Waals surface area contributed by atoms with Crippen molar-refractivity contribution in [3.8, 4) is 0 Å². The van der Waals surface area contributed by atoms with Crippen LogP contribution in [0.25, 0.3) is 0 Å². The minimum Gasteiger partial charge on any atom is -0.340 e. The van der Waals surface area contributed by atoms with Gasteiger partial charge in [-0.3, -0.25) is 9.69 Å². The lowest BCUT2D eigenvalue weighted by molar-refractivity contribution is -0.144. The largest absolute Gasteiger partial charge is 0.340 e. The van der Waals surface area contributed by atoms with Crippen LogP contribution in [0, 0.1) is 5.41 Å². The fourth-order valence-electron chi connectivity index (χ4n) is 2.59. The molecule has 1 heterocycles. The molecule has 0 atom stereocenters. The first-order valence-electron chi connectivity index (χ1n) is 6.99. The van der Waals surface area contributed by atoms with Gasteiger partial charge in [0.25, 0.3) is 6.43 Å². The summed E-state index contributed by atoms with van der Waals surface area (Å²) in [6.45, 7) is 6.17. The van der Waals surface area contributed by atoms with E-state index in [0.29, 0.717) is 32.7 Å². The van der Waals surface area contributed by atoms with E-state index in [0.717, 1.165) is 12.8 Å². The number of hydrogen-bond acceptors (Lipinski definition) is 3. The average Bonchev–Trinajstić information content (AvgIpc) is 2.41. The third kappa shape index (κ3) is 5.85. The summed E-state index contributed by atoms with van der Waals surface area (Å²) in [7, 11) is 0. The first-order valence-corrected chi connectivity index (χ1v) is 6.99. The van der Waals surface area contributed by atoms with Crippen molar-refractivity contribution in [3.05, 3.63) is 0 Å². The second kappa shape index (κ2) is 10.5. The van der Waals surface area contributed by atoms with E-state index in [2.05, 4.69) is 0 Å². The van der Waals surface area contributed by atoms with Gasteiger partial charge in [-0.15, -0.1) is 24.8 Å². The molecule has 4 nitrogen and oxygen atoms in total. The lowest BCUT2D eigenvalue weighted by Crippen LogP contribution is -2.55. The van der Waals surface area contributed by atoms with Gasteiger partial charge < -0.3 is 10.6 Å². The molecule has 0 bridgehead atoms. The van der Waals surface area contributed by atoms with E-state index in [1.54, 1.807) is 9.80 Å². The number of nitrogens with two attached hydrogens (primary N) is 1. The number of nitrogens with zero attached hydrogens (tertiary/aromatic N) is 2. The molecule has 0 aromatic rings. The fraction of sp³-hybridized carbons (Fsp3) is 0.923. The van der Waals surface area contributed by atoms with E-state index in [1.165, 1.54) is 0 Å². The zero-order chi connectivity index (χ0) is 14.5. The Balaban J connectivity index is 0. The molecule has 8 heteroatoms. The highest BCUT2D eigenvalue weighted by Gasteiger charge is 2.37. The van der Waals surface area contributed by atoms with Gasteiger partial charge in [-0.2, -0.15) is 0 Å². The molecule has 1 aliphatic rings. The highest BCUT2D eigenvalue weighted by molar-refractivity contribution is 5.85. The van der Waals surface area contributed by atoms with Gasteiger partial charge in [0.15, 0.2) is 0 Å². The fourth-order valence-corrected chi connectivity index (χ4v) is 2.59. The van der Waals surface area contributed by atoms with Crippen LogP contribution in [-0.4, -0.2) is 61.4 Å². The minimum atomic E-state index is -2.31. The standard InChI is InChI=1S/C13H25F2N3O.2ClH/c1-3-13(4-2,10-16)12(19)18-7-5-17(6-8-18)9-11(14)15;;/h11H,3-10,16H2,1-2H3;2*1H. The van der Waals surface area contributed by atoms with Gasteiger partial charge >= 0.3 is 0 Å². The molecule has 0 aromatic carbocycles. The Labute approximate surface area is 138 Å². The molecule has 1 rings (SSSR count). The highest BCUT2D eigenvalue weighted by Crippen LogP contribution is 2.28. The van der Waals surface area contributed by atoms with E-state index < -0.39 is 11.8 Å². The van der Waals surface area contributed by atoms with Gasteiger partial charge in [-0.05, 0) is 12.8 Å². The topological polar surface area (TPSA) is 49.6 Å². The van der Waals surface area contributed by atoms with Crippen LogP contribution in [-0.2, 0) is 4.79 Å². The summed E-state index contributed by atoms with van der Waals surface area (Å²) < 4.78 is 24.6. The maximum atomic E-state index is 12.5. The lowest BCUT2D eigenvalue weighted by Gasteiger charge is -2.40. The zero-order valence-electron chi connectivity index (χ0n) is 12.7. The van der Waals surface area contributed by atoms with Crippen molar-refractivity contribution >= 4 is 30.7 Å². The van der Waals surface area contributed by atoms with Gasteiger partial charge in [0, 0.05) is 32.7 Å². The number of halogens is 4. The van der Waals surface area contributed by atoms with Crippen LogP contribution in [0.15, 0.2) is 0 Å². The monoisotopic (exact) mass is 349 g/mol. The number of alkyl halides is 2. The summed E-state index contributed by atoms with van der Waals surface area (Å²) in [6, 6.07) is 0. The van der Waals surface area contributed by atoms with Crippen LogP contribution in [0.5, 0.6) is 0 Å². The molecule has 0 saturated carbocycles. The van der Waals surface area contributed by atoms with Crippen LogP contribution in [0.4, 0.5) is 8.78 Å². The molecule has 0 aromatic heterocycles. The molecule has 0 radical (unpaired) electrons. The molecule has 1 amide bonds.